The van der Waals surface area contributed by atoms with Crippen molar-refractivity contribution in [3.63, 3.8) is 0 Å². The van der Waals surface area contributed by atoms with Crippen LogP contribution in [0.1, 0.15) is 54.4 Å². The van der Waals surface area contributed by atoms with E-state index in [1.165, 1.54) is 0 Å². The van der Waals surface area contributed by atoms with Gasteiger partial charge in [-0.15, -0.1) is 0 Å². The summed E-state index contributed by atoms with van der Waals surface area (Å²) in [6, 6.07) is 0. The Hall–Kier alpha value is -1.07. The van der Waals surface area contributed by atoms with E-state index in [1.54, 1.807) is 0 Å². The first-order chi connectivity index (χ1) is 13.1. The summed E-state index contributed by atoms with van der Waals surface area (Å²) in [6.45, 7) is 12.3. The Morgan fingerprint density at radius 3 is 1.97 bits per heavy atom. The summed E-state index contributed by atoms with van der Waals surface area (Å²) in [6.07, 6.45) is 0.301. The van der Waals surface area contributed by atoms with Gasteiger partial charge in [0.2, 0.25) is 0 Å². The summed E-state index contributed by atoms with van der Waals surface area (Å²) in [5, 5.41) is 0. The van der Waals surface area contributed by atoms with Crippen LogP contribution in [0.5, 0.6) is 0 Å². The normalized spacial score (nSPS) is 18.9. The molecule has 0 saturated carbocycles. The lowest BCUT2D eigenvalue weighted by atomic mass is 10.1. The second-order valence-corrected chi connectivity index (χ2v) is 15.2. The van der Waals surface area contributed by atoms with Gasteiger partial charge >= 0.3 is 21.6 Å². The molecule has 1 rings (SSSR count). The predicted molar refractivity (Wildman–Crippen MR) is 105 cm³/mol. The number of alkyl halides is 3. The van der Waals surface area contributed by atoms with Crippen molar-refractivity contribution in [2.45, 2.75) is 76.5 Å². The fraction of sp³-hybridized carbons (Fsp3) is 0.833. The summed E-state index contributed by atoms with van der Waals surface area (Å²) in [5.74, 6) is -2.20. The number of hydrogen-bond acceptors (Lipinski definition) is 6. The van der Waals surface area contributed by atoms with Crippen LogP contribution in [0.3, 0.4) is 0 Å². The number of methoxy groups -OCH3 is 1. The van der Waals surface area contributed by atoms with Crippen LogP contribution in [-0.2, 0) is 28.3 Å². The molecule has 0 fully saturated rings. The Kier molecular flexibility index (Phi) is 8.40. The molecule has 0 aromatic heterocycles. The van der Waals surface area contributed by atoms with Gasteiger partial charge < -0.3 is 13.3 Å². The molecule has 1 aliphatic carbocycles. The van der Waals surface area contributed by atoms with E-state index in [1.807, 2.05) is 0 Å². The van der Waals surface area contributed by atoms with E-state index in [-0.39, 0.29) is 41.6 Å². The van der Waals surface area contributed by atoms with Gasteiger partial charge in [-0.05, 0) is 29.5 Å². The molecule has 0 saturated heterocycles. The number of rotatable bonds is 9. The molecule has 0 aliphatic heterocycles. The van der Waals surface area contributed by atoms with Crippen molar-refractivity contribution in [3.8, 4) is 0 Å². The molecule has 6 nitrogen and oxygen atoms in total. The molecule has 0 bridgehead atoms. The average molecular weight is 461 g/mol. The van der Waals surface area contributed by atoms with Gasteiger partial charge in [0, 0.05) is 12.5 Å². The third-order valence-electron chi connectivity index (χ3n) is 5.57. The molecule has 0 heterocycles. The zero-order valence-corrected chi connectivity index (χ0v) is 19.7. The predicted octanol–water partition coefficient (Wildman–Crippen LogP) is 4.88. The molecule has 0 N–H and O–H groups in total. The second kappa shape index (κ2) is 9.38. The Labute approximate surface area is 172 Å². The molecule has 0 spiro atoms. The first-order valence-corrected chi connectivity index (χ1v) is 13.1. The smallest absolute Gasteiger partial charge is 0.466 e. The van der Waals surface area contributed by atoms with Crippen molar-refractivity contribution in [3.05, 3.63) is 11.3 Å². The van der Waals surface area contributed by atoms with Gasteiger partial charge in [-0.2, -0.15) is 21.6 Å². The van der Waals surface area contributed by atoms with Crippen LogP contribution < -0.4 is 0 Å². The van der Waals surface area contributed by atoms with Crippen molar-refractivity contribution >= 4 is 24.4 Å². The minimum Gasteiger partial charge on any atom is -0.466 e. The van der Waals surface area contributed by atoms with Crippen LogP contribution in [0.2, 0.25) is 16.6 Å². The molecule has 29 heavy (non-hydrogen) atoms. The summed E-state index contributed by atoms with van der Waals surface area (Å²) in [4.78, 5) is 12.0. The highest BCUT2D eigenvalue weighted by Crippen LogP contribution is 2.44. The van der Waals surface area contributed by atoms with E-state index >= 15 is 0 Å². The second-order valence-electron chi connectivity index (χ2n) is 8.18. The minimum atomic E-state index is -5.90. The molecular formula is C18H31F3O6SSi. The van der Waals surface area contributed by atoms with Crippen LogP contribution in [0, 0.1) is 5.92 Å². The van der Waals surface area contributed by atoms with Crippen molar-refractivity contribution < 1.29 is 39.7 Å². The van der Waals surface area contributed by atoms with E-state index in [2.05, 4.69) is 50.5 Å². The van der Waals surface area contributed by atoms with E-state index < -0.39 is 41.6 Å². The highest BCUT2D eigenvalue weighted by atomic mass is 32.2. The summed E-state index contributed by atoms with van der Waals surface area (Å²) < 4.78 is 77.1. The zero-order valence-electron chi connectivity index (χ0n) is 17.9. The van der Waals surface area contributed by atoms with Crippen LogP contribution in [0.25, 0.3) is 0 Å². The molecule has 0 radical (unpaired) electrons. The first kappa shape index (κ1) is 26.0. The maximum Gasteiger partial charge on any atom is 0.534 e. The molecule has 1 aliphatic rings. The SMILES string of the molecule is COC(=O)C1=C(OS(=O)(=O)C(F)(F)F)C(CO[Si](C(C)C)(C(C)C)C(C)C)CC1. The number of esters is 1. The van der Waals surface area contributed by atoms with Crippen LogP contribution in [0.4, 0.5) is 13.2 Å². The standard InChI is InChI=1S/C18H31F3O6SSi/c1-11(2)29(12(3)4,13(5)6)26-10-14-8-9-15(17(22)25-7)16(14)27-28(23,24)18(19,20)21/h11-14H,8-10H2,1-7H3. The lowest BCUT2D eigenvalue weighted by Crippen LogP contribution is -2.48. The number of halogens is 3. The molecule has 1 atom stereocenters. The third kappa shape index (κ3) is 5.35. The number of carbonyl (C=O) groups is 1. The van der Waals surface area contributed by atoms with Crippen molar-refractivity contribution in [1.82, 2.24) is 0 Å². The Balaban J connectivity index is 3.26. The van der Waals surface area contributed by atoms with Crippen molar-refractivity contribution in [1.29, 1.82) is 0 Å². The van der Waals surface area contributed by atoms with Crippen LogP contribution >= 0.6 is 0 Å². The van der Waals surface area contributed by atoms with Gasteiger partial charge in [0.25, 0.3) is 0 Å². The van der Waals surface area contributed by atoms with Crippen LogP contribution in [0.15, 0.2) is 11.3 Å². The number of carbonyl (C=O) groups excluding carboxylic acids is 1. The fourth-order valence-corrected chi connectivity index (χ4v) is 10.4. The zero-order chi connectivity index (χ0) is 22.8. The van der Waals surface area contributed by atoms with Gasteiger partial charge in [-0.1, -0.05) is 41.5 Å². The average Bonchev–Trinajstić information content (AvgIpc) is 2.94. The highest BCUT2D eigenvalue weighted by molar-refractivity contribution is 7.87. The summed E-state index contributed by atoms with van der Waals surface area (Å²) in [7, 11) is -7.17. The maximum atomic E-state index is 12.8. The molecule has 170 valence electrons. The molecular weight excluding hydrogens is 429 g/mol. The molecule has 1 unspecified atom stereocenters. The number of ether oxygens (including phenoxy) is 1. The minimum absolute atomic E-state index is 0.00995. The third-order valence-corrected chi connectivity index (χ3v) is 12.6. The topological polar surface area (TPSA) is 78.9 Å². The van der Waals surface area contributed by atoms with Crippen molar-refractivity contribution in [2.75, 3.05) is 13.7 Å². The van der Waals surface area contributed by atoms with E-state index in [9.17, 15) is 26.4 Å². The van der Waals surface area contributed by atoms with E-state index in [0.29, 0.717) is 0 Å². The highest BCUT2D eigenvalue weighted by Gasteiger charge is 2.51. The van der Waals surface area contributed by atoms with E-state index in [0.717, 1.165) is 7.11 Å². The monoisotopic (exact) mass is 460 g/mol. The Bertz CT molecular complexity index is 707. The fourth-order valence-electron chi connectivity index (χ4n) is 4.33. The summed E-state index contributed by atoms with van der Waals surface area (Å²) in [5.41, 5.74) is -5.09. The van der Waals surface area contributed by atoms with Crippen LogP contribution in [-0.4, -0.2) is 41.9 Å². The quantitative estimate of drug-likeness (QED) is 0.211. The maximum absolute atomic E-state index is 12.8. The van der Waals surface area contributed by atoms with Gasteiger partial charge in [0.05, 0.1) is 12.7 Å². The van der Waals surface area contributed by atoms with E-state index in [4.69, 9.17) is 4.43 Å². The lowest BCUT2D eigenvalue weighted by molar-refractivity contribution is -0.136. The molecule has 0 amide bonds. The van der Waals surface area contributed by atoms with Gasteiger partial charge in [-0.3, -0.25) is 0 Å². The number of hydrogen-bond donors (Lipinski definition) is 0. The van der Waals surface area contributed by atoms with Gasteiger partial charge in [0.15, 0.2) is 8.32 Å². The lowest BCUT2D eigenvalue weighted by Gasteiger charge is -2.42. The van der Waals surface area contributed by atoms with Crippen molar-refractivity contribution in [2.24, 2.45) is 5.92 Å². The Morgan fingerprint density at radius 2 is 1.59 bits per heavy atom. The first-order valence-electron chi connectivity index (χ1n) is 9.57. The molecule has 0 aromatic rings. The Morgan fingerprint density at radius 1 is 1.10 bits per heavy atom. The molecule has 11 heteroatoms. The summed E-state index contributed by atoms with van der Waals surface area (Å²) >= 11 is 0. The molecule has 0 aromatic carbocycles. The van der Waals surface area contributed by atoms with Gasteiger partial charge in [-0.25, -0.2) is 4.79 Å². The van der Waals surface area contributed by atoms with Gasteiger partial charge in [0.1, 0.15) is 5.76 Å². The largest absolute Gasteiger partial charge is 0.534 e.